The van der Waals surface area contributed by atoms with E-state index >= 15 is 0 Å². The molecule has 0 atom stereocenters. The summed E-state index contributed by atoms with van der Waals surface area (Å²) in [6.45, 7) is 3.75. The Hall–Kier alpha value is -2.27. The van der Waals surface area contributed by atoms with Gasteiger partial charge in [0.1, 0.15) is 11.9 Å². The summed E-state index contributed by atoms with van der Waals surface area (Å²) in [6.07, 6.45) is 1.92. The monoisotopic (exact) mass is 346 g/mol. The van der Waals surface area contributed by atoms with Gasteiger partial charge in [-0.05, 0) is 30.7 Å². The van der Waals surface area contributed by atoms with Crippen molar-refractivity contribution in [2.24, 2.45) is 0 Å². The molecule has 0 N–H and O–H groups in total. The third-order valence-electron chi connectivity index (χ3n) is 3.78. The van der Waals surface area contributed by atoms with Gasteiger partial charge in [-0.2, -0.15) is 0 Å². The van der Waals surface area contributed by atoms with E-state index in [1.165, 1.54) is 0 Å². The smallest absolute Gasteiger partial charge is 0.227 e. The lowest BCUT2D eigenvalue weighted by atomic mass is 10.1. The molecular formula is C18H19ClN2O3. The number of halogens is 1. The fourth-order valence-corrected chi connectivity index (χ4v) is 2.59. The Morgan fingerprint density at radius 2 is 2.00 bits per heavy atom. The molecule has 1 amide bonds. The Morgan fingerprint density at radius 1 is 1.25 bits per heavy atom. The molecule has 0 unspecified atom stereocenters. The predicted molar refractivity (Wildman–Crippen MR) is 91.6 cm³/mol. The van der Waals surface area contributed by atoms with Crippen molar-refractivity contribution in [1.82, 2.24) is 9.88 Å². The Balaban J connectivity index is 1.45. The molecule has 1 aliphatic rings. The van der Waals surface area contributed by atoms with Gasteiger partial charge in [0.25, 0.3) is 0 Å². The second kappa shape index (κ2) is 7.53. The number of hydrogen-bond acceptors (Lipinski definition) is 4. The highest BCUT2D eigenvalue weighted by Crippen LogP contribution is 2.19. The van der Waals surface area contributed by atoms with Gasteiger partial charge in [-0.25, -0.2) is 4.98 Å². The average Bonchev–Trinajstić information content (AvgIpc) is 2.54. The molecule has 1 saturated heterocycles. The maximum atomic E-state index is 12.3. The third kappa shape index (κ3) is 4.17. The summed E-state index contributed by atoms with van der Waals surface area (Å²) in [6, 6.07) is 11.1. The van der Waals surface area contributed by atoms with Gasteiger partial charge in [0.15, 0.2) is 0 Å². The Labute approximate surface area is 146 Å². The molecule has 1 fully saturated rings. The number of carbonyl (C=O) groups is 1. The lowest BCUT2D eigenvalue weighted by Gasteiger charge is -2.38. The quantitative estimate of drug-likeness (QED) is 0.807. The van der Waals surface area contributed by atoms with Crippen molar-refractivity contribution >= 4 is 17.5 Å². The average molecular weight is 347 g/mol. The number of benzene rings is 1. The number of ether oxygens (including phenoxy) is 2. The maximum absolute atomic E-state index is 12.3. The second-order valence-corrected chi connectivity index (χ2v) is 6.04. The van der Waals surface area contributed by atoms with Gasteiger partial charge in [-0.3, -0.25) is 4.79 Å². The molecule has 0 saturated carbocycles. The van der Waals surface area contributed by atoms with E-state index in [2.05, 4.69) is 4.98 Å². The number of amides is 1. The van der Waals surface area contributed by atoms with Gasteiger partial charge in [-0.1, -0.05) is 23.7 Å². The van der Waals surface area contributed by atoms with Gasteiger partial charge in [0, 0.05) is 12.3 Å². The van der Waals surface area contributed by atoms with Crippen LogP contribution in [0.25, 0.3) is 0 Å². The molecule has 2 heterocycles. The van der Waals surface area contributed by atoms with Crippen LogP contribution < -0.4 is 9.47 Å². The fourth-order valence-electron chi connectivity index (χ4n) is 2.48. The zero-order valence-electron chi connectivity index (χ0n) is 13.4. The number of aromatic nitrogens is 1. The molecule has 3 rings (SSSR count). The third-order valence-corrected chi connectivity index (χ3v) is 4.00. The highest BCUT2D eigenvalue weighted by molar-refractivity contribution is 6.30. The number of nitrogens with zero attached hydrogens (tertiary/aromatic N) is 2. The molecule has 0 aliphatic carbocycles. The van der Waals surface area contributed by atoms with Crippen LogP contribution in [-0.2, 0) is 11.2 Å². The van der Waals surface area contributed by atoms with E-state index in [1.807, 2.05) is 31.2 Å². The van der Waals surface area contributed by atoms with E-state index in [0.29, 0.717) is 37.0 Å². The van der Waals surface area contributed by atoms with Gasteiger partial charge in [-0.15, -0.1) is 0 Å². The van der Waals surface area contributed by atoms with Crippen LogP contribution in [0.15, 0.2) is 42.6 Å². The number of rotatable bonds is 6. The van der Waals surface area contributed by atoms with Gasteiger partial charge >= 0.3 is 0 Å². The second-order valence-electron chi connectivity index (χ2n) is 5.61. The number of pyridine rings is 1. The highest BCUT2D eigenvalue weighted by Gasteiger charge is 2.32. The van der Waals surface area contributed by atoms with Crippen molar-refractivity contribution in [2.75, 3.05) is 19.7 Å². The minimum Gasteiger partial charge on any atom is -0.494 e. The molecule has 0 bridgehead atoms. The molecule has 0 spiro atoms. The Kier molecular flexibility index (Phi) is 5.20. The van der Waals surface area contributed by atoms with Crippen LogP contribution in [0.5, 0.6) is 11.6 Å². The van der Waals surface area contributed by atoms with Crippen LogP contribution in [0.3, 0.4) is 0 Å². The van der Waals surface area contributed by atoms with Crippen LogP contribution in [0.4, 0.5) is 0 Å². The number of carbonyl (C=O) groups excluding carboxylic acids is 1. The first kappa shape index (κ1) is 16.6. The molecule has 1 aromatic heterocycles. The van der Waals surface area contributed by atoms with E-state index in [-0.39, 0.29) is 12.0 Å². The molecule has 1 aliphatic heterocycles. The van der Waals surface area contributed by atoms with Crippen molar-refractivity contribution in [2.45, 2.75) is 19.4 Å². The van der Waals surface area contributed by atoms with Gasteiger partial charge < -0.3 is 14.4 Å². The largest absolute Gasteiger partial charge is 0.494 e. The highest BCUT2D eigenvalue weighted by atomic mass is 35.5. The SMILES string of the molecule is CCOc1ccc(CC(=O)N2CC(Oc3ccc(Cl)cn3)C2)cc1. The predicted octanol–water partition coefficient (Wildman–Crippen LogP) is 2.97. The molecule has 0 radical (unpaired) electrons. The molecule has 1 aromatic carbocycles. The lowest BCUT2D eigenvalue weighted by Crippen LogP contribution is -2.56. The standard InChI is InChI=1S/C18H19ClN2O3/c1-2-23-15-6-3-13(4-7-15)9-18(22)21-11-16(12-21)24-17-8-5-14(19)10-20-17/h3-8,10,16H,2,9,11-12H2,1H3. The molecule has 6 heteroatoms. The zero-order chi connectivity index (χ0) is 16.9. The van der Waals surface area contributed by atoms with Gasteiger partial charge in [0.05, 0.1) is 31.1 Å². The summed E-state index contributed by atoms with van der Waals surface area (Å²) in [5.74, 6) is 1.45. The molecule has 5 nitrogen and oxygen atoms in total. The van der Waals surface area contributed by atoms with Crippen LogP contribution in [-0.4, -0.2) is 41.6 Å². The van der Waals surface area contributed by atoms with Crippen LogP contribution in [0.2, 0.25) is 5.02 Å². The summed E-state index contributed by atoms with van der Waals surface area (Å²) < 4.78 is 11.1. The maximum Gasteiger partial charge on any atom is 0.227 e. The first-order valence-electron chi connectivity index (χ1n) is 7.92. The zero-order valence-corrected chi connectivity index (χ0v) is 14.2. The van der Waals surface area contributed by atoms with E-state index in [0.717, 1.165) is 11.3 Å². The minimum atomic E-state index is -0.0112. The molecule has 2 aromatic rings. The van der Waals surface area contributed by atoms with Crippen LogP contribution in [0.1, 0.15) is 12.5 Å². The summed E-state index contributed by atoms with van der Waals surface area (Å²) in [5.41, 5.74) is 0.979. The van der Waals surface area contributed by atoms with Crippen molar-refractivity contribution in [3.05, 3.63) is 53.2 Å². The Morgan fingerprint density at radius 3 is 2.62 bits per heavy atom. The Bertz CT molecular complexity index is 682. The van der Waals surface area contributed by atoms with E-state index in [9.17, 15) is 4.79 Å². The van der Waals surface area contributed by atoms with Crippen molar-refractivity contribution in [3.8, 4) is 11.6 Å². The minimum absolute atomic E-state index is 0.0112. The van der Waals surface area contributed by atoms with E-state index in [1.54, 1.807) is 23.2 Å². The van der Waals surface area contributed by atoms with Crippen LogP contribution in [0, 0.1) is 0 Å². The summed E-state index contributed by atoms with van der Waals surface area (Å²) >= 11 is 5.79. The summed E-state index contributed by atoms with van der Waals surface area (Å²) in [5, 5.41) is 0.572. The topological polar surface area (TPSA) is 51.7 Å². The first-order valence-corrected chi connectivity index (χ1v) is 8.29. The van der Waals surface area contributed by atoms with Gasteiger partial charge in [0.2, 0.25) is 11.8 Å². The van der Waals surface area contributed by atoms with E-state index in [4.69, 9.17) is 21.1 Å². The summed E-state index contributed by atoms with van der Waals surface area (Å²) in [7, 11) is 0. The number of hydrogen-bond donors (Lipinski definition) is 0. The molecule has 24 heavy (non-hydrogen) atoms. The molecule has 126 valence electrons. The van der Waals surface area contributed by atoms with Crippen molar-refractivity contribution in [3.63, 3.8) is 0 Å². The normalized spacial score (nSPS) is 14.2. The molecular weight excluding hydrogens is 328 g/mol. The summed E-state index contributed by atoms with van der Waals surface area (Å²) in [4.78, 5) is 18.1. The fraction of sp³-hybridized carbons (Fsp3) is 0.333. The van der Waals surface area contributed by atoms with E-state index < -0.39 is 0 Å². The van der Waals surface area contributed by atoms with Crippen molar-refractivity contribution in [1.29, 1.82) is 0 Å². The van der Waals surface area contributed by atoms with Crippen LogP contribution >= 0.6 is 11.6 Å². The number of likely N-dealkylation sites (tertiary alicyclic amines) is 1. The first-order chi connectivity index (χ1) is 11.6. The van der Waals surface area contributed by atoms with Crippen molar-refractivity contribution < 1.29 is 14.3 Å². The lowest BCUT2D eigenvalue weighted by molar-refractivity contribution is -0.139.